The second kappa shape index (κ2) is 4.29. The number of pyridine rings is 1. The zero-order valence-corrected chi connectivity index (χ0v) is 10.9. The molecule has 1 heterocycles. The Morgan fingerprint density at radius 3 is 2.88 bits per heavy atom. The van der Waals surface area contributed by atoms with Crippen LogP contribution >= 0.6 is 0 Å². The maximum absolute atomic E-state index is 2.44. The van der Waals surface area contributed by atoms with E-state index < -0.39 is 0 Å². The summed E-state index contributed by atoms with van der Waals surface area (Å²) in [7, 11) is 2.22. The van der Waals surface area contributed by atoms with Gasteiger partial charge in [0.05, 0.1) is 0 Å². The van der Waals surface area contributed by atoms with Gasteiger partial charge in [0.15, 0.2) is 11.9 Å². The molecule has 2 aliphatic rings. The largest absolute Gasteiger partial charge is 0.205 e. The first-order valence-corrected chi connectivity index (χ1v) is 6.95. The topological polar surface area (TPSA) is 3.88 Å². The molecule has 1 heteroatoms. The van der Waals surface area contributed by atoms with Crippen LogP contribution in [0.15, 0.2) is 18.3 Å². The van der Waals surface area contributed by atoms with Crippen molar-refractivity contribution in [2.75, 3.05) is 0 Å². The Morgan fingerprint density at radius 2 is 2.06 bits per heavy atom. The van der Waals surface area contributed by atoms with E-state index in [2.05, 4.69) is 43.0 Å². The fraction of sp³-hybridized carbons (Fsp3) is 0.562. The van der Waals surface area contributed by atoms with Gasteiger partial charge >= 0.3 is 0 Å². The number of allylic oxidation sites excluding steroid dienone is 1. The van der Waals surface area contributed by atoms with Crippen molar-refractivity contribution in [1.82, 2.24) is 0 Å². The minimum absolute atomic E-state index is 0.781. The summed E-state index contributed by atoms with van der Waals surface area (Å²) in [6.45, 7) is 2.44. The highest BCUT2D eigenvalue weighted by molar-refractivity contribution is 5.60. The summed E-state index contributed by atoms with van der Waals surface area (Å²) < 4.78 is 2.37. The monoisotopic (exact) mass is 228 g/mol. The van der Waals surface area contributed by atoms with Gasteiger partial charge in [-0.3, -0.25) is 0 Å². The van der Waals surface area contributed by atoms with E-state index in [4.69, 9.17) is 0 Å². The third-order valence-electron chi connectivity index (χ3n) is 4.60. The van der Waals surface area contributed by atoms with Crippen LogP contribution in [0.2, 0.25) is 0 Å². The summed E-state index contributed by atoms with van der Waals surface area (Å²) in [5.74, 6) is 1.63. The van der Waals surface area contributed by atoms with Crippen molar-refractivity contribution in [3.63, 3.8) is 0 Å². The predicted octanol–water partition coefficient (Wildman–Crippen LogP) is 3.37. The lowest BCUT2D eigenvalue weighted by atomic mass is 9.76. The smallest absolute Gasteiger partial charge is 0.188 e. The zero-order chi connectivity index (χ0) is 11.8. The van der Waals surface area contributed by atoms with Gasteiger partial charge in [-0.2, -0.15) is 0 Å². The molecule has 3 rings (SSSR count). The fourth-order valence-corrected chi connectivity index (χ4v) is 3.62. The van der Waals surface area contributed by atoms with Crippen molar-refractivity contribution in [2.45, 2.75) is 44.9 Å². The lowest BCUT2D eigenvalue weighted by molar-refractivity contribution is -0.681. The van der Waals surface area contributed by atoms with Crippen molar-refractivity contribution in [3.8, 4) is 0 Å². The van der Waals surface area contributed by atoms with Gasteiger partial charge in [0.2, 0.25) is 0 Å². The molecule has 2 atom stereocenters. The molecule has 1 nitrogen and oxygen atoms in total. The molecular formula is C16H22N+. The molecule has 1 fully saturated rings. The van der Waals surface area contributed by atoms with Crippen molar-refractivity contribution in [1.29, 1.82) is 0 Å². The fourth-order valence-electron chi connectivity index (χ4n) is 3.62. The number of rotatable bonds is 1. The molecular weight excluding hydrogens is 206 g/mol. The highest BCUT2D eigenvalue weighted by Crippen LogP contribution is 2.39. The summed E-state index contributed by atoms with van der Waals surface area (Å²) >= 11 is 0. The Morgan fingerprint density at radius 1 is 1.24 bits per heavy atom. The SMILES string of the molecule is C[C@@H]1CCCCC1c1c2c(cc[n+]1C)C=CC2. The molecule has 17 heavy (non-hydrogen) atoms. The van der Waals surface area contributed by atoms with E-state index in [1.54, 1.807) is 11.3 Å². The Hall–Kier alpha value is -1.11. The zero-order valence-electron chi connectivity index (χ0n) is 10.9. The van der Waals surface area contributed by atoms with Gasteiger partial charge < -0.3 is 0 Å². The molecule has 0 saturated heterocycles. The number of nitrogens with zero attached hydrogens (tertiary/aromatic N) is 1. The van der Waals surface area contributed by atoms with E-state index in [1.807, 2.05) is 0 Å². The second-order valence-corrected chi connectivity index (χ2v) is 5.72. The first-order valence-electron chi connectivity index (χ1n) is 6.95. The molecule has 0 spiro atoms. The molecule has 1 aromatic heterocycles. The molecule has 0 amide bonds. The molecule has 0 radical (unpaired) electrons. The first kappa shape index (κ1) is 11.0. The summed E-state index contributed by atoms with van der Waals surface area (Å²) in [6.07, 6.45) is 13.6. The van der Waals surface area contributed by atoms with Crippen LogP contribution < -0.4 is 4.57 Å². The molecule has 0 N–H and O–H groups in total. The van der Waals surface area contributed by atoms with Crippen LogP contribution in [0.3, 0.4) is 0 Å². The third kappa shape index (κ3) is 1.82. The molecule has 1 unspecified atom stereocenters. The molecule has 0 aliphatic heterocycles. The maximum atomic E-state index is 2.44. The molecule has 1 saturated carbocycles. The number of hydrogen-bond acceptors (Lipinski definition) is 0. The van der Waals surface area contributed by atoms with E-state index >= 15 is 0 Å². The van der Waals surface area contributed by atoms with E-state index in [0.29, 0.717) is 0 Å². The lowest BCUT2D eigenvalue weighted by Crippen LogP contribution is -2.38. The molecule has 90 valence electrons. The number of fused-ring (bicyclic) bond motifs is 1. The van der Waals surface area contributed by atoms with Crippen molar-refractivity contribution >= 4 is 6.08 Å². The lowest BCUT2D eigenvalue weighted by Gasteiger charge is -2.27. The summed E-state index contributed by atoms with van der Waals surface area (Å²) in [4.78, 5) is 0. The van der Waals surface area contributed by atoms with Crippen LogP contribution in [0.25, 0.3) is 6.08 Å². The Bertz CT molecular complexity index is 459. The van der Waals surface area contributed by atoms with E-state index in [1.165, 1.54) is 31.2 Å². The first-order chi connectivity index (χ1) is 8.27. The number of aryl methyl sites for hydroxylation is 1. The van der Waals surface area contributed by atoms with Crippen LogP contribution in [0.1, 0.15) is 55.3 Å². The molecule has 0 bridgehead atoms. The average Bonchev–Trinajstić information content (AvgIpc) is 2.79. The van der Waals surface area contributed by atoms with Crippen LogP contribution in [-0.4, -0.2) is 0 Å². The quantitative estimate of drug-likeness (QED) is 0.649. The summed E-state index contributed by atoms with van der Waals surface area (Å²) in [5.41, 5.74) is 4.66. The van der Waals surface area contributed by atoms with E-state index in [9.17, 15) is 0 Å². The highest BCUT2D eigenvalue weighted by Gasteiger charge is 2.32. The van der Waals surface area contributed by atoms with Crippen molar-refractivity contribution in [2.24, 2.45) is 13.0 Å². The minimum Gasteiger partial charge on any atom is -0.205 e. The van der Waals surface area contributed by atoms with Crippen LogP contribution in [-0.2, 0) is 13.5 Å². The average molecular weight is 228 g/mol. The number of hydrogen-bond donors (Lipinski definition) is 0. The van der Waals surface area contributed by atoms with Crippen molar-refractivity contribution < 1.29 is 4.57 Å². The van der Waals surface area contributed by atoms with Crippen LogP contribution in [0, 0.1) is 5.92 Å². The maximum Gasteiger partial charge on any atom is 0.188 e. The van der Waals surface area contributed by atoms with Crippen LogP contribution in [0.4, 0.5) is 0 Å². The van der Waals surface area contributed by atoms with Gasteiger partial charge in [-0.05, 0) is 30.7 Å². The Labute approximate surface area is 104 Å². The Kier molecular flexibility index (Phi) is 2.78. The van der Waals surface area contributed by atoms with Gasteiger partial charge in [-0.1, -0.05) is 31.9 Å². The predicted molar refractivity (Wildman–Crippen MR) is 70.7 cm³/mol. The van der Waals surface area contributed by atoms with E-state index in [0.717, 1.165) is 18.3 Å². The summed E-state index contributed by atoms with van der Waals surface area (Å²) in [6, 6.07) is 2.26. The van der Waals surface area contributed by atoms with E-state index in [-0.39, 0.29) is 0 Å². The third-order valence-corrected chi connectivity index (χ3v) is 4.60. The molecule has 0 aromatic carbocycles. The van der Waals surface area contributed by atoms with Gasteiger partial charge in [0, 0.05) is 17.5 Å². The van der Waals surface area contributed by atoms with Crippen molar-refractivity contribution in [3.05, 3.63) is 35.2 Å². The molecule has 2 aliphatic carbocycles. The standard InChI is InChI=1S/C16H22N/c1-12-6-3-4-8-14(12)16-15-9-5-7-13(15)10-11-17(16)2/h5,7,10-12,14H,3-4,6,8-9H2,1-2H3/q+1/t12-,14?/m1/s1. The number of aromatic nitrogens is 1. The van der Waals surface area contributed by atoms with Crippen LogP contribution in [0.5, 0.6) is 0 Å². The highest BCUT2D eigenvalue weighted by atomic mass is 14.9. The molecule has 1 aromatic rings. The van der Waals surface area contributed by atoms with Gasteiger partial charge in [-0.25, -0.2) is 4.57 Å². The normalized spacial score (nSPS) is 27.2. The van der Waals surface area contributed by atoms with Gasteiger partial charge in [-0.15, -0.1) is 0 Å². The van der Waals surface area contributed by atoms with Gasteiger partial charge in [0.25, 0.3) is 0 Å². The van der Waals surface area contributed by atoms with Gasteiger partial charge in [0.1, 0.15) is 7.05 Å². The Balaban J connectivity index is 2.05. The summed E-state index contributed by atoms with van der Waals surface area (Å²) in [5, 5.41) is 0. The second-order valence-electron chi connectivity index (χ2n) is 5.72. The minimum atomic E-state index is 0.781.